The van der Waals surface area contributed by atoms with Gasteiger partial charge in [0.15, 0.2) is 0 Å². The number of rotatable bonds is 2. The molecule has 6 heteroatoms. The van der Waals surface area contributed by atoms with E-state index < -0.39 is 10.8 Å². The predicted octanol–water partition coefficient (Wildman–Crippen LogP) is 0.404. The van der Waals surface area contributed by atoms with Crippen LogP contribution in [0.25, 0.3) is 0 Å². The van der Waals surface area contributed by atoms with Gasteiger partial charge >= 0.3 is 0 Å². The number of hydrogen-bond acceptors (Lipinski definition) is 4. The summed E-state index contributed by atoms with van der Waals surface area (Å²) in [6.07, 6.45) is -0.0730. The third kappa shape index (κ3) is 2.99. The standard InChI is InChI=1S/C10H9N3O3/c11-9-6-8(13(15)16)5-4-7(9)2-1-3-10(12)14/h4-6H,3,11H2,(H2,12,14). The fraction of sp³-hybridized carbons (Fsp3) is 0.100. The number of nitro benzene ring substituents is 1. The molecule has 1 aromatic rings. The Kier molecular flexibility index (Phi) is 3.45. The van der Waals surface area contributed by atoms with Crippen LogP contribution in [-0.4, -0.2) is 10.8 Å². The molecule has 0 unspecified atom stereocenters. The van der Waals surface area contributed by atoms with Crippen LogP contribution in [0.5, 0.6) is 0 Å². The van der Waals surface area contributed by atoms with Crippen molar-refractivity contribution in [1.82, 2.24) is 0 Å². The molecule has 1 aromatic carbocycles. The van der Waals surface area contributed by atoms with Crippen LogP contribution in [0.2, 0.25) is 0 Å². The fourth-order valence-electron chi connectivity index (χ4n) is 1.00. The van der Waals surface area contributed by atoms with Crippen LogP contribution >= 0.6 is 0 Å². The smallest absolute Gasteiger partial charge is 0.271 e. The van der Waals surface area contributed by atoms with Crippen molar-refractivity contribution in [3.05, 3.63) is 33.9 Å². The number of carbonyl (C=O) groups is 1. The van der Waals surface area contributed by atoms with Crippen molar-refractivity contribution in [3.8, 4) is 11.8 Å². The molecule has 0 fully saturated rings. The third-order valence-electron chi connectivity index (χ3n) is 1.73. The molecule has 0 bridgehead atoms. The number of anilines is 1. The monoisotopic (exact) mass is 219 g/mol. The first-order valence-corrected chi connectivity index (χ1v) is 4.32. The van der Waals surface area contributed by atoms with Gasteiger partial charge in [0.05, 0.1) is 17.0 Å². The molecule has 16 heavy (non-hydrogen) atoms. The summed E-state index contributed by atoms with van der Waals surface area (Å²) < 4.78 is 0. The molecule has 0 aliphatic rings. The number of primary amides is 1. The van der Waals surface area contributed by atoms with Gasteiger partial charge in [0.2, 0.25) is 5.91 Å². The van der Waals surface area contributed by atoms with Crippen molar-refractivity contribution < 1.29 is 9.72 Å². The summed E-state index contributed by atoms with van der Waals surface area (Å²) in [7, 11) is 0. The molecule has 1 rings (SSSR count). The first-order chi connectivity index (χ1) is 7.50. The van der Waals surface area contributed by atoms with E-state index in [0.717, 1.165) is 0 Å². The molecule has 0 heterocycles. The van der Waals surface area contributed by atoms with Gasteiger partial charge in [-0.25, -0.2) is 0 Å². The zero-order valence-electron chi connectivity index (χ0n) is 8.27. The van der Waals surface area contributed by atoms with Gasteiger partial charge in [-0.3, -0.25) is 14.9 Å². The quantitative estimate of drug-likeness (QED) is 0.324. The predicted molar refractivity (Wildman–Crippen MR) is 58.2 cm³/mol. The highest BCUT2D eigenvalue weighted by Gasteiger charge is 2.06. The number of amides is 1. The Labute approximate surface area is 91.4 Å². The number of nitrogens with zero attached hydrogens (tertiary/aromatic N) is 1. The van der Waals surface area contributed by atoms with E-state index in [-0.39, 0.29) is 17.8 Å². The van der Waals surface area contributed by atoms with E-state index in [1.165, 1.54) is 18.2 Å². The molecule has 6 nitrogen and oxygen atoms in total. The molecule has 1 amide bonds. The summed E-state index contributed by atoms with van der Waals surface area (Å²) in [5, 5.41) is 10.4. The molecule has 0 saturated heterocycles. The van der Waals surface area contributed by atoms with Crippen LogP contribution in [0.1, 0.15) is 12.0 Å². The average molecular weight is 219 g/mol. The minimum absolute atomic E-state index is 0.0730. The van der Waals surface area contributed by atoms with E-state index in [1.807, 2.05) is 0 Å². The van der Waals surface area contributed by atoms with Crippen molar-refractivity contribution in [2.24, 2.45) is 5.73 Å². The third-order valence-corrected chi connectivity index (χ3v) is 1.73. The van der Waals surface area contributed by atoms with Crippen LogP contribution in [0.15, 0.2) is 18.2 Å². The Morgan fingerprint density at radius 3 is 2.69 bits per heavy atom. The molecular formula is C10H9N3O3. The Morgan fingerprint density at radius 1 is 1.50 bits per heavy atom. The van der Waals surface area contributed by atoms with E-state index >= 15 is 0 Å². The Morgan fingerprint density at radius 2 is 2.19 bits per heavy atom. The lowest BCUT2D eigenvalue weighted by Gasteiger charge is -1.97. The van der Waals surface area contributed by atoms with E-state index in [2.05, 4.69) is 11.8 Å². The zero-order valence-corrected chi connectivity index (χ0v) is 8.27. The first kappa shape index (κ1) is 11.5. The van der Waals surface area contributed by atoms with Crippen LogP contribution < -0.4 is 11.5 Å². The average Bonchev–Trinajstić information content (AvgIpc) is 2.19. The second-order valence-electron chi connectivity index (χ2n) is 2.97. The minimum atomic E-state index is -0.545. The number of nitrogen functional groups attached to an aromatic ring is 1. The molecule has 82 valence electrons. The second-order valence-corrected chi connectivity index (χ2v) is 2.97. The van der Waals surface area contributed by atoms with Crippen molar-refractivity contribution in [2.45, 2.75) is 6.42 Å². The summed E-state index contributed by atoms with van der Waals surface area (Å²) in [4.78, 5) is 20.3. The van der Waals surface area contributed by atoms with Crippen LogP contribution in [0.3, 0.4) is 0 Å². The normalized spacial score (nSPS) is 9.00. The van der Waals surface area contributed by atoms with Crippen molar-refractivity contribution >= 4 is 17.3 Å². The maximum absolute atomic E-state index is 10.4. The number of nitro groups is 1. The van der Waals surface area contributed by atoms with E-state index in [4.69, 9.17) is 11.5 Å². The molecule has 0 aromatic heterocycles. The summed E-state index contributed by atoms with van der Waals surface area (Å²) >= 11 is 0. The Hall–Kier alpha value is -2.55. The molecule has 0 saturated carbocycles. The number of benzene rings is 1. The minimum Gasteiger partial charge on any atom is -0.398 e. The van der Waals surface area contributed by atoms with Crippen molar-refractivity contribution in [2.75, 3.05) is 5.73 Å². The molecule has 0 aliphatic carbocycles. The number of carbonyl (C=O) groups excluding carboxylic acids is 1. The van der Waals surface area contributed by atoms with Gasteiger partial charge in [-0.15, -0.1) is 0 Å². The topological polar surface area (TPSA) is 112 Å². The fourth-order valence-corrected chi connectivity index (χ4v) is 1.00. The van der Waals surface area contributed by atoms with E-state index in [0.29, 0.717) is 5.56 Å². The molecule has 0 radical (unpaired) electrons. The van der Waals surface area contributed by atoms with E-state index in [9.17, 15) is 14.9 Å². The van der Waals surface area contributed by atoms with Gasteiger partial charge in [-0.1, -0.05) is 11.8 Å². The van der Waals surface area contributed by atoms with Gasteiger partial charge in [-0.2, -0.15) is 0 Å². The van der Waals surface area contributed by atoms with Crippen molar-refractivity contribution in [1.29, 1.82) is 0 Å². The lowest BCUT2D eigenvalue weighted by atomic mass is 10.1. The Balaban J connectivity index is 2.94. The summed E-state index contributed by atoms with van der Waals surface area (Å²) in [6.45, 7) is 0. The lowest BCUT2D eigenvalue weighted by molar-refractivity contribution is -0.384. The molecule has 0 aliphatic heterocycles. The van der Waals surface area contributed by atoms with Gasteiger partial charge < -0.3 is 11.5 Å². The largest absolute Gasteiger partial charge is 0.398 e. The summed E-state index contributed by atoms with van der Waals surface area (Å²) in [5.74, 6) is 4.59. The summed E-state index contributed by atoms with van der Waals surface area (Å²) in [6, 6.07) is 3.94. The number of nitrogens with two attached hydrogens (primary N) is 2. The highest BCUT2D eigenvalue weighted by atomic mass is 16.6. The van der Waals surface area contributed by atoms with Gasteiger partial charge in [0.1, 0.15) is 0 Å². The number of hydrogen-bond donors (Lipinski definition) is 2. The highest BCUT2D eigenvalue weighted by molar-refractivity contribution is 5.76. The van der Waals surface area contributed by atoms with Crippen LogP contribution in [-0.2, 0) is 4.79 Å². The van der Waals surface area contributed by atoms with Crippen LogP contribution in [0.4, 0.5) is 11.4 Å². The summed E-state index contributed by atoms with van der Waals surface area (Å²) in [5.41, 5.74) is 11.0. The maximum Gasteiger partial charge on any atom is 0.271 e. The highest BCUT2D eigenvalue weighted by Crippen LogP contribution is 2.18. The molecular weight excluding hydrogens is 210 g/mol. The van der Waals surface area contributed by atoms with E-state index in [1.54, 1.807) is 0 Å². The van der Waals surface area contributed by atoms with Crippen molar-refractivity contribution in [3.63, 3.8) is 0 Å². The number of non-ortho nitro benzene ring substituents is 1. The van der Waals surface area contributed by atoms with Crippen LogP contribution in [0, 0.1) is 22.0 Å². The SMILES string of the molecule is NC(=O)CC#Cc1ccc([N+](=O)[O-])cc1N. The second kappa shape index (κ2) is 4.79. The Bertz CT molecular complexity index is 500. The lowest BCUT2D eigenvalue weighted by Crippen LogP contribution is -2.08. The van der Waals surface area contributed by atoms with Gasteiger partial charge in [0, 0.05) is 17.7 Å². The molecule has 0 spiro atoms. The zero-order chi connectivity index (χ0) is 12.1. The molecule has 0 atom stereocenters. The maximum atomic E-state index is 10.4. The molecule has 4 N–H and O–H groups in total. The van der Waals surface area contributed by atoms with Gasteiger partial charge in [0.25, 0.3) is 5.69 Å². The van der Waals surface area contributed by atoms with Gasteiger partial charge in [-0.05, 0) is 6.07 Å². The first-order valence-electron chi connectivity index (χ1n) is 4.32.